The van der Waals surface area contributed by atoms with Gasteiger partial charge in [-0.2, -0.15) is 0 Å². The second-order valence-corrected chi connectivity index (χ2v) is 7.30. The van der Waals surface area contributed by atoms with E-state index in [0.717, 1.165) is 50.9 Å². The van der Waals surface area contributed by atoms with Gasteiger partial charge in [0.05, 0.1) is 6.54 Å². The Hall–Kier alpha value is -2.34. The Morgan fingerprint density at radius 3 is 2.71 bits per heavy atom. The van der Waals surface area contributed by atoms with Crippen LogP contribution in [0.2, 0.25) is 0 Å². The van der Waals surface area contributed by atoms with Crippen LogP contribution < -0.4 is 10.6 Å². The Kier molecular flexibility index (Phi) is 8.37. The second-order valence-electron chi connectivity index (χ2n) is 7.30. The van der Waals surface area contributed by atoms with Crippen LogP contribution in [0.25, 0.3) is 0 Å². The van der Waals surface area contributed by atoms with E-state index in [2.05, 4.69) is 68.5 Å². The van der Waals surface area contributed by atoms with E-state index in [1.165, 1.54) is 37.9 Å². The number of aliphatic imine (C=N–C) groups is 1. The van der Waals surface area contributed by atoms with E-state index in [1.807, 2.05) is 6.20 Å². The van der Waals surface area contributed by atoms with Crippen LogP contribution in [0.3, 0.4) is 0 Å². The van der Waals surface area contributed by atoms with Crippen molar-refractivity contribution in [2.45, 2.75) is 39.2 Å². The number of nitrogens with one attached hydrogen (secondary N) is 2. The van der Waals surface area contributed by atoms with Crippen molar-refractivity contribution in [2.24, 2.45) is 4.99 Å². The number of nitrogens with zero attached hydrogens (tertiary/aromatic N) is 4. The molecule has 6 heteroatoms. The van der Waals surface area contributed by atoms with Crippen molar-refractivity contribution in [2.75, 3.05) is 39.3 Å². The maximum absolute atomic E-state index is 4.74. The van der Waals surface area contributed by atoms with E-state index in [-0.39, 0.29) is 0 Å². The minimum atomic E-state index is 0.821. The van der Waals surface area contributed by atoms with Gasteiger partial charge in [0, 0.05) is 45.0 Å². The summed E-state index contributed by atoms with van der Waals surface area (Å²) in [5, 5.41) is 6.80. The van der Waals surface area contributed by atoms with Gasteiger partial charge in [-0.3, -0.25) is 4.99 Å². The molecule has 0 atom stereocenters. The number of aromatic nitrogens is 2. The minimum Gasteiger partial charge on any atom is -0.357 e. The molecular weight excluding hydrogens is 348 g/mol. The van der Waals surface area contributed by atoms with E-state index in [1.54, 1.807) is 0 Å². The van der Waals surface area contributed by atoms with Gasteiger partial charge in [0.1, 0.15) is 5.82 Å². The number of guanidine groups is 1. The summed E-state index contributed by atoms with van der Waals surface area (Å²) in [5.74, 6) is 2.00. The molecule has 152 valence electrons. The largest absolute Gasteiger partial charge is 0.357 e. The normalized spacial score (nSPS) is 15.5. The van der Waals surface area contributed by atoms with Crippen molar-refractivity contribution in [1.82, 2.24) is 25.1 Å². The van der Waals surface area contributed by atoms with Crippen LogP contribution in [0.4, 0.5) is 0 Å². The fraction of sp³-hybridized carbons (Fsp3) is 0.545. The summed E-state index contributed by atoms with van der Waals surface area (Å²) in [4.78, 5) is 11.8. The lowest BCUT2D eigenvalue weighted by atomic mass is 10.1. The molecule has 3 rings (SSSR count). The molecule has 2 heterocycles. The fourth-order valence-electron chi connectivity index (χ4n) is 3.61. The Morgan fingerprint density at radius 1 is 1.11 bits per heavy atom. The summed E-state index contributed by atoms with van der Waals surface area (Å²) in [5.41, 5.74) is 1.29. The van der Waals surface area contributed by atoms with Crippen LogP contribution in [0.15, 0.2) is 47.7 Å². The van der Waals surface area contributed by atoms with E-state index in [0.29, 0.717) is 0 Å². The molecule has 1 aromatic carbocycles. The van der Waals surface area contributed by atoms with Crippen LogP contribution in [0.5, 0.6) is 0 Å². The molecule has 0 saturated carbocycles. The lowest BCUT2D eigenvalue weighted by Crippen LogP contribution is -2.39. The molecule has 0 amide bonds. The summed E-state index contributed by atoms with van der Waals surface area (Å²) in [6.07, 6.45) is 8.85. The summed E-state index contributed by atoms with van der Waals surface area (Å²) in [7, 11) is 0. The van der Waals surface area contributed by atoms with Gasteiger partial charge in [-0.1, -0.05) is 36.8 Å². The molecule has 1 aliphatic rings. The molecule has 28 heavy (non-hydrogen) atoms. The summed E-state index contributed by atoms with van der Waals surface area (Å²) < 4.78 is 2.22. The van der Waals surface area contributed by atoms with Crippen LogP contribution in [-0.2, 0) is 13.0 Å². The quantitative estimate of drug-likeness (QED) is 0.517. The zero-order valence-corrected chi connectivity index (χ0v) is 17.1. The number of imidazole rings is 1. The molecule has 1 saturated heterocycles. The van der Waals surface area contributed by atoms with Crippen LogP contribution in [-0.4, -0.2) is 59.7 Å². The first kappa shape index (κ1) is 20.4. The molecule has 1 aliphatic heterocycles. The Labute approximate surface area is 169 Å². The highest BCUT2D eigenvalue weighted by Crippen LogP contribution is 2.08. The van der Waals surface area contributed by atoms with Crippen molar-refractivity contribution in [3.63, 3.8) is 0 Å². The highest BCUT2D eigenvalue weighted by atomic mass is 15.2. The first-order chi connectivity index (χ1) is 13.8. The van der Waals surface area contributed by atoms with Crippen molar-refractivity contribution >= 4 is 5.96 Å². The molecule has 0 bridgehead atoms. The van der Waals surface area contributed by atoms with Gasteiger partial charge in [-0.15, -0.1) is 0 Å². The van der Waals surface area contributed by atoms with E-state index in [9.17, 15) is 0 Å². The predicted molar refractivity (Wildman–Crippen MR) is 116 cm³/mol. The lowest BCUT2D eigenvalue weighted by molar-refractivity contribution is 0.235. The molecule has 0 aliphatic carbocycles. The maximum atomic E-state index is 4.74. The number of hydrogen-bond donors (Lipinski definition) is 2. The van der Waals surface area contributed by atoms with Gasteiger partial charge in [0.25, 0.3) is 0 Å². The average molecular weight is 383 g/mol. The fourth-order valence-corrected chi connectivity index (χ4v) is 3.61. The first-order valence-electron chi connectivity index (χ1n) is 10.6. The Balaban J connectivity index is 1.45. The third-order valence-corrected chi connectivity index (χ3v) is 5.12. The number of likely N-dealkylation sites (tertiary alicyclic amines) is 1. The van der Waals surface area contributed by atoms with Gasteiger partial charge in [0.15, 0.2) is 5.96 Å². The van der Waals surface area contributed by atoms with Crippen molar-refractivity contribution in [3.05, 3.63) is 54.1 Å². The number of benzene rings is 1. The van der Waals surface area contributed by atoms with E-state index >= 15 is 0 Å². The molecular formula is C22H34N6. The van der Waals surface area contributed by atoms with Gasteiger partial charge < -0.3 is 20.1 Å². The molecule has 1 aromatic heterocycles. The Morgan fingerprint density at radius 2 is 1.93 bits per heavy atom. The van der Waals surface area contributed by atoms with Gasteiger partial charge in [0.2, 0.25) is 0 Å². The predicted octanol–water partition coefficient (Wildman–Crippen LogP) is 2.51. The molecule has 0 spiro atoms. The molecule has 2 aromatic rings. The lowest BCUT2D eigenvalue weighted by Gasteiger charge is -2.25. The minimum absolute atomic E-state index is 0.821. The van der Waals surface area contributed by atoms with Crippen LogP contribution in [0, 0.1) is 0 Å². The molecule has 2 N–H and O–H groups in total. The van der Waals surface area contributed by atoms with Gasteiger partial charge in [-0.05, 0) is 38.4 Å². The summed E-state index contributed by atoms with van der Waals surface area (Å²) in [6, 6.07) is 10.5. The second kappa shape index (κ2) is 11.5. The zero-order chi connectivity index (χ0) is 19.4. The van der Waals surface area contributed by atoms with Gasteiger partial charge >= 0.3 is 0 Å². The van der Waals surface area contributed by atoms with Crippen LogP contribution >= 0.6 is 0 Å². The average Bonchev–Trinajstić information content (AvgIpc) is 3.16. The summed E-state index contributed by atoms with van der Waals surface area (Å²) in [6.45, 7) is 9.01. The molecule has 0 unspecified atom stereocenters. The number of hydrogen-bond acceptors (Lipinski definition) is 3. The Bertz CT molecular complexity index is 703. The van der Waals surface area contributed by atoms with Crippen LogP contribution in [0.1, 0.15) is 37.6 Å². The van der Waals surface area contributed by atoms with E-state index in [4.69, 9.17) is 4.99 Å². The zero-order valence-electron chi connectivity index (χ0n) is 17.1. The van der Waals surface area contributed by atoms with Crippen molar-refractivity contribution in [1.29, 1.82) is 0 Å². The van der Waals surface area contributed by atoms with E-state index < -0.39 is 0 Å². The third-order valence-electron chi connectivity index (χ3n) is 5.12. The number of rotatable bonds is 9. The SMILES string of the molecule is CCNC(=NCCN1CCCCC1)NCCc1nccn1Cc1ccccc1. The molecule has 6 nitrogen and oxygen atoms in total. The standard InChI is InChI=1S/C22H34N6/c1-2-23-22(26-13-17-27-15-7-4-8-16-27)25-12-11-21-24-14-18-28(21)19-20-9-5-3-6-10-20/h3,5-6,9-10,14,18H,2,4,7-8,11-13,15-17,19H2,1H3,(H2,23,25,26). The summed E-state index contributed by atoms with van der Waals surface area (Å²) >= 11 is 0. The maximum Gasteiger partial charge on any atom is 0.191 e. The molecule has 1 fully saturated rings. The van der Waals surface area contributed by atoms with Crippen molar-refractivity contribution in [3.8, 4) is 0 Å². The third kappa shape index (κ3) is 6.68. The van der Waals surface area contributed by atoms with Crippen molar-refractivity contribution < 1.29 is 0 Å². The molecule has 0 radical (unpaired) electrons. The topological polar surface area (TPSA) is 57.5 Å². The smallest absolute Gasteiger partial charge is 0.191 e. The highest BCUT2D eigenvalue weighted by molar-refractivity contribution is 5.79. The highest BCUT2D eigenvalue weighted by Gasteiger charge is 2.09. The first-order valence-corrected chi connectivity index (χ1v) is 10.6. The number of piperidine rings is 1. The monoisotopic (exact) mass is 382 g/mol. The van der Waals surface area contributed by atoms with Gasteiger partial charge in [-0.25, -0.2) is 4.98 Å².